The highest BCUT2D eigenvalue weighted by molar-refractivity contribution is 7.19. The van der Waals surface area contributed by atoms with Crippen LogP contribution < -0.4 is 21.7 Å². The maximum absolute atomic E-state index is 13.0. The van der Waals surface area contributed by atoms with Crippen LogP contribution in [0, 0.1) is 6.92 Å². The second kappa shape index (κ2) is 8.41. The fourth-order valence-electron chi connectivity index (χ4n) is 3.71. The van der Waals surface area contributed by atoms with Crippen molar-refractivity contribution < 1.29 is 4.79 Å². The van der Waals surface area contributed by atoms with Gasteiger partial charge in [0, 0.05) is 43.6 Å². The standard InChI is InChI=1S/C20H26N8OS/c1-12-10-13(5-7-23-12)19-26-16(17(22)30-19)18(29)25-15-11-24-27(2)20(15)28-8-3-4-14(21)6-9-28/h5,7,10-11,14H,3-4,6,8-9,21-22H2,1-2H3,(H,25,29)/t14-/m0/s1. The molecule has 0 aromatic carbocycles. The van der Waals surface area contributed by atoms with Crippen LogP contribution in [0.15, 0.2) is 24.5 Å². The number of aromatic nitrogens is 4. The van der Waals surface area contributed by atoms with Gasteiger partial charge >= 0.3 is 0 Å². The molecular formula is C20H26N8OS. The van der Waals surface area contributed by atoms with E-state index >= 15 is 0 Å². The second-order valence-corrected chi connectivity index (χ2v) is 8.59. The van der Waals surface area contributed by atoms with Crippen LogP contribution in [0.5, 0.6) is 0 Å². The highest BCUT2D eigenvalue weighted by Gasteiger charge is 2.23. The lowest BCUT2D eigenvalue weighted by molar-refractivity contribution is 0.102. The van der Waals surface area contributed by atoms with Gasteiger partial charge in [0.1, 0.15) is 15.7 Å². The second-order valence-electron chi connectivity index (χ2n) is 7.56. The molecule has 0 bridgehead atoms. The van der Waals surface area contributed by atoms with Crippen molar-refractivity contribution in [3.05, 3.63) is 35.9 Å². The van der Waals surface area contributed by atoms with Gasteiger partial charge in [0.05, 0.1) is 6.20 Å². The van der Waals surface area contributed by atoms with E-state index in [0.29, 0.717) is 15.7 Å². The van der Waals surface area contributed by atoms with Crippen molar-refractivity contribution in [3.8, 4) is 10.6 Å². The molecule has 1 fully saturated rings. The number of aryl methyl sites for hydroxylation is 2. The van der Waals surface area contributed by atoms with E-state index in [1.54, 1.807) is 17.1 Å². The van der Waals surface area contributed by atoms with Gasteiger partial charge in [0.15, 0.2) is 11.5 Å². The van der Waals surface area contributed by atoms with E-state index in [1.807, 2.05) is 26.1 Å². The number of nitrogens with two attached hydrogens (primary N) is 2. The molecule has 1 amide bonds. The molecule has 0 saturated carbocycles. The minimum atomic E-state index is -0.346. The first-order valence-corrected chi connectivity index (χ1v) is 10.8. The highest BCUT2D eigenvalue weighted by Crippen LogP contribution is 2.32. The Hall–Kier alpha value is -2.98. The number of carbonyl (C=O) groups excluding carboxylic acids is 1. The summed E-state index contributed by atoms with van der Waals surface area (Å²) in [4.78, 5) is 23.9. The van der Waals surface area contributed by atoms with E-state index in [1.165, 1.54) is 11.3 Å². The van der Waals surface area contributed by atoms with Gasteiger partial charge in [0.2, 0.25) is 0 Å². The zero-order chi connectivity index (χ0) is 21.3. The number of nitrogens with one attached hydrogen (secondary N) is 1. The van der Waals surface area contributed by atoms with Gasteiger partial charge < -0.3 is 21.7 Å². The summed E-state index contributed by atoms with van der Waals surface area (Å²) in [6.45, 7) is 3.61. The third kappa shape index (κ3) is 4.14. The molecule has 0 spiro atoms. The van der Waals surface area contributed by atoms with E-state index in [-0.39, 0.29) is 17.6 Å². The molecule has 4 heterocycles. The van der Waals surface area contributed by atoms with Gasteiger partial charge in [-0.05, 0) is 38.3 Å². The molecule has 10 heteroatoms. The number of nitrogen functional groups attached to an aromatic ring is 1. The van der Waals surface area contributed by atoms with E-state index in [2.05, 4.69) is 25.3 Å². The number of carbonyl (C=O) groups is 1. The zero-order valence-corrected chi connectivity index (χ0v) is 17.9. The Bertz CT molecular complexity index is 1060. The molecule has 3 aromatic heterocycles. The lowest BCUT2D eigenvalue weighted by Gasteiger charge is -2.24. The van der Waals surface area contributed by atoms with Crippen molar-refractivity contribution in [1.29, 1.82) is 0 Å². The fraction of sp³-hybridized carbons (Fsp3) is 0.400. The van der Waals surface area contributed by atoms with Gasteiger partial charge in [0.25, 0.3) is 5.91 Å². The van der Waals surface area contributed by atoms with Crippen LogP contribution in [0.4, 0.5) is 16.5 Å². The molecule has 3 aromatic rings. The van der Waals surface area contributed by atoms with E-state index in [0.717, 1.165) is 49.4 Å². The lowest BCUT2D eigenvalue weighted by atomic mass is 10.1. The van der Waals surface area contributed by atoms with Crippen molar-refractivity contribution in [3.63, 3.8) is 0 Å². The fourth-order valence-corrected chi connectivity index (χ4v) is 4.53. The van der Waals surface area contributed by atoms with Crippen molar-refractivity contribution >= 4 is 33.8 Å². The van der Waals surface area contributed by atoms with Gasteiger partial charge in [-0.1, -0.05) is 11.3 Å². The Balaban J connectivity index is 1.57. The summed E-state index contributed by atoms with van der Waals surface area (Å²) in [6.07, 6.45) is 6.30. The first-order chi connectivity index (χ1) is 14.4. The Morgan fingerprint density at radius 2 is 2.17 bits per heavy atom. The van der Waals surface area contributed by atoms with Gasteiger partial charge in [-0.15, -0.1) is 0 Å². The largest absolute Gasteiger partial charge is 0.389 e. The molecular weight excluding hydrogens is 400 g/mol. The molecule has 4 rings (SSSR count). The zero-order valence-electron chi connectivity index (χ0n) is 17.1. The first-order valence-electron chi connectivity index (χ1n) is 9.95. The van der Waals surface area contributed by atoms with Crippen LogP contribution in [0.3, 0.4) is 0 Å². The molecule has 1 aliphatic heterocycles. The summed E-state index contributed by atoms with van der Waals surface area (Å²) < 4.78 is 1.78. The van der Waals surface area contributed by atoms with Gasteiger partial charge in [-0.3, -0.25) is 14.5 Å². The number of hydrogen-bond donors (Lipinski definition) is 3. The van der Waals surface area contributed by atoms with E-state index < -0.39 is 0 Å². The maximum Gasteiger partial charge on any atom is 0.277 e. The molecule has 1 atom stereocenters. The van der Waals surface area contributed by atoms with Crippen LogP contribution in [-0.4, -0.2) is 44.8 Å². The van der Waals surface area contributed by atoms with Crippen molar-refractivity contribution in [1.82, 2.24) is 19.7 Å². The lowest BCUT2D eigenvalue weighted by Crippen LogP contribution is -2.29. The molecule has 0 unspecified atom stereocenters. The minimum absolute atomic E-state index is 0.214. The quantitative estimate of drug-likeness (QED) is 0.584. The number of pyridine rings is 1. The average Bonchev–Trinajstić information content (AvgIpc) is 3.20. The van der Waals surface area contributed by atoms with Crippen LogP contribution in [0.2, 0.25) is 0 Å². The van der Waals surface area contributed by atoms with Crippen molar-refractivity contribution in [2.45, 2.75) is 32.2 Å². The third-order valence-electron chi connectivity index (χ3n) is 5.24. The topological polar surface area (TPSA) is 128 Å². The number of thiazole rings is 1. The van der Waals surface area contributed by atoms with Gasteiger partial charge in [-0.2, -0.15) is 5.10 Å². The normalized spacial score (nSPS) is 17.0. The third-order valence-corrected chi connectivity index (χ3v) is 6.17. The Morgan fingerprint density at radius 3 is 2.97 bits per heavy atom. The molecule has 0 aliphatic carbocycles. The monoisotopic (exact) mass is 426 g/mol. The number of nitrogens with zero attached hydrogens (tertiary/aromatic N) is 5. The summed E-state index contributed by atoms with van der Waals surface area (Å²) in [5.74, 6) is 0.526. The SMILES string of the molecule is Cc1cc(-c2nc(C(=O)Nc3cnn(C)c3N3CCC[C@H](N)CC3)c(N)s2)ccn1. The predicted molar refractivity (Wildman–Crippen MR) is 120 cm³/mol. The minimum Gasteiger partial charge on any atom is -0.389 e. The molecule has 1 aliphatic rings. The van der Waals surface area contributed by atoms with Crippen LogP contribution >= 0.6 is 11.3 Å². The Kier molecular flexibility index (Phi) is 5.69. The van der Waals surface area contributed by atoms with E-state index in [4.69, 9.17) is 11.5 Å². The number of amides is 1. The van der Waals surface area contributed by atoms with E-state index in [9.17, 15) is 4.79 Å². The summed E-state index contributed by atoms with van der Waals surface area (Å²) in [6, 6.07) is 3.99. The molecule has 158 valence electrons. The molecule has 30 heavy (non-hydrogen) atoms. The number of rotatable bonds is 4. The summed E-state index contributed by atoms with van der Waals surface area (Å²) in [7, 11) is 1.87. The smallest absolute Gasteiger partial charge is 0.277 e. The van der Waals surface area contributed by atoms with Crippen molar-refractivity contribution in [2.75, 3.05) is 29.0 Å². The summed E-state index contributed by atoms with van der Waals surface area (Å²) >= 11 is 1.29. The molecule has 9 nitrogen and oxygen atoms in total. The van der Waals surface area contributed by atoms with Gasteiger partial charge in [-0.25, -0.2) is 4.98 Å². The van der Waals surface area contributed by atoms with Crippen LogP contribution in [0.25, 0.3) is 10.6 Å². The van der Waals surface area contributed by atoms with Crippen LogP contribution in [0.1, 0.15) is 35.4 Å². The summed E-state index contributed by atoms with van der Waals surface area (Å²) in [5.41, 5.74) is 14.9. The number of anilines is 3. The Morgan fingerprint density at radius 1 is 1.33 bits per heavy atom. The molecule has 0 radical (unpaired) electrons. The van der Waals surface area contributed by atoms with Crippen molar-refractivity contribution in [2.24, 2.45) is 12.8 Å². The maximum atomic E-state index is 13.0. The first kappa shape index (κ1) is 20.3. The highest BCUT2D eigenvalue weighted by atomic mass is 32.1. The summed E-state index contributed by atoms with van der Waals surface area (Å²) in [5, 5.41) is 8.37. The molecule has 1 saturated heterocycles. The molecule has 5 N–H and O–H groups in total. The number of hydrogen-bond acceptors (Lipinski definition) is 8. The predicted octanol–water partition coefficient (Wildman–Crippen LogP) is 2.40. The van der Waals surface area contributed by atoms with Crippen LogP contribution in [-0.2, 0) is 7.05 Å². The average molecular weight is 427 g/mol. The Labute approximate surface area is 179 Å².